The second kappa shape index (κ2) is 9.12. The number of nitrogens with zero attached hydrogens (tertiary/aromatic N) is 1. The molecular formula is C26H23ClN2O3S. The quantitative estimate of drug-likeness (QED) is 0.550. The molecule has 0 spiro atoms. The van der Waals surface area contributed by atoms with Gasteiger partial charge < -0.3 is 10.2 Å². The first kappa shape index (κ1) is 21.9. The molecule has 33 heavy (non-hydrogen) atoms. The van der Waals surface area contributed by atoms with Crippen LogP contribution in [0.5, 0.6) is 0 Å². The molecule has 168 valence electrons. The van der Waals surface area contributed by atoms with Crippen LogP contribution in [0, 0.1) is 0 Å². The van der Waals surface area contributed by atoms with Gasteiger partial charge in [-0.3, -0.25) is 9.59 Å². The Morgan fingerprint density at radius 2 is 1.79 bits per heavy atom. The Balaban J connectivity index is 1.59. The second-order valence-electron chi connectivity index (χ2n) is 8.42. The molecule has 0 bridgehead atoms. The van der Waals surface area contributed by atoms with Crippen LogP contribution in [0.4, 0.5) is 5.69 Å². The number of rotatable bonds is 4. The maximum atomic E-state index is 13.7. The van der Waals surface area contributed by atoms with Gasteiger partial charge in [-0.05, 0) is 60.9 Å². The minimum atomic E-state index is -1.56. The van der Waals surface area contributed by atoms with Crippen LogP contribution in [0.15, 0.2) is 76.5 Å². The summed E-state index contributed by atoms with van der Waals surface area (Å²) in [5, 5.41) is 3.67. The lowest BCUT2D eigenvalue weighted by Crippen LogP contribution is -2.33. The highest BCUT2D eigenvalue weighted by Crippen LogP contribution is 2.36. The Bertz CT molecular complexity index is 1270. The molecule has 1 aliphatic carbocycles. The molecule has 5 nitrogen and oxygen atoms in total. The molecule has 2 amide bonds. The SMILES string of the molecule is O=C(NC1CCCC1)c1ccc2c(c1)N(Cc1cccc(Cl)c1)C(=O)c1ccccc1[S@]2=O. The highest BCUT2D eigenvalue weighted by Gasteiger charge is 2.32. The number of hydrogen-bond acceptors (Lipinski definition) is 3. The number of halogens is 1. The van der Waals surface area contributed by atoms with Gasteiger partial charge in [0.05, 0.1) is 38.4 Å². The first-order valence-electron chi connectivity index (χ1n) is 11.0. The molecule has 0 unspecified atom stereocenters. The van der Waals surface area contributed by atoms with Crippen LogP contribution in [-0.4, -0.2) is 22.1 Å². The maximum Gasteiger partial charge on any atom is 0.259 e. The van der Waals surface area contributed by atoms with Crippen molar-refractivity contribution in [3.05, 3.63) is 88.4 Å². The molecule has 3 aromatic rings. The molecular weight excluding hydrogens is 456 g/mol. The molecule has 3 aromatic carbocycles. The first-order valence-corrected chi connectivity index (χ1v) is 12.6. The van der Waals surface area contributed by atoms with Crippen molar-refractivity contribution >= 4 is 39.9 Å². The average molecular weight is 479 g/mol. The third-order valence-corrected chi connectivity index (χ3v) is 7.93. The number of carbonyl (C=O) groups is 2. The molecule has 5 rings (SSSR count). The predicted octanol–water partition coefficient (Wildman–Crippen LogP) is 5.34. The van der Waals surface area contributed by atoms with Crippen LogP contribution in [-0.2, 0) is 17.3 Å². The molecule has 1 saturated carbocycles. The van der Waals surface area contributed by atoms with E-state index in [9.17, 15) is 13.8 Å². The Morgan fingerprint density at radius 3 is 2.58 bits per heavy atom. The van der Waals surface area contributed by atoms with Crippen molar-refractivity contribution in [2.75, 3.05) is 4.90 Å². The van der Waals surface area contributed by atoms with E-state index in [2.05, 4.69) is 5.32 Å². The number of anilines is 1. The zero-order chi connectivity index (χ0) is 22.9. The van der Waals surface area contributed by atoms with Crippen LogP contribution in [0.2, 0.25) is 5.02 Å². The van der Waals surface area contributed by atoms with Crippen LogP contribution in [0.3, 0.4) is 0 Å². The monoisotopic (exact) mass is 478 g/mol. The number of nitrogens with one attached hydrogen (secondary N) is 1. The molecule has 0 radical (unpaired) electrons. The van der Waals surface area contributed by atoms with E-state index in [-0.39, 0.29) is 24.4 Å². The van der Waals surface area contributed by atoms with Crippen molar-refractivity contribution in [2.24, 2.45) is 0 Å². The first-order chi connectivity index (χ1) is 16.0. The number of hydrogen-bond donors (Lipinski definition) is 1. The Hall–Kier alpha value is -2.96. The van der Waals surface area contributed by atoms with Crippen molar-refractivity contribution in [1.29, 1.82) is 0 Å². The average Bonchev–Trinajstić information content (AvgIpc) is 3.32. The Kier molecular flexibility index (Phi) is 6.04. The zero-order valence-electron chi connectivity index (χ0n) is 17.9. The smallest absolute Gasteiger partial charge is 0.259 e. The fourth-order valence-electron chi connectivity index (χ4n) is 4.52. The second-order valence-corrected chi connectivity index (χ2v) is 10.3. The predicted molar refractivity (Wildman–Crippen MR) is 129 cm³/mol. The molecule has 0 aromatic heterocycles. The number of fused-ring (bicyclic) bond motifs is 2. The van der Waals surface area contributed by atoms with Gasteiger partial charge in [0.25, 0.3) is 11.8 Å². The van der Waals surface area contributed by atoms with Gasteiger partial charge in [-0.2, -0.15) is 0 Å². The van der Waals surface area contributed by atoms with Crippen LogP contribution < -0.4 is 10.2 Å². The van der Waals surface area contributed by atoms with Gasteiger partial charge in [-0.1, -0.05) is 48.7 Å². The van der Waals surface area contributed by atoms with Crippen LogP contribution in [0.1, 0.15) is 52.0 Å². The van der Waals surface area contributed by atoms with Gasteiger partial charge in [-0.15, -0.1) is 0 Å². The standard InChI is InChI=1S/C26H23ClN2O3S/c27-19-7-5-6-17(14-19)16-29-22-15-18(25(30)28-20-8-1-2-9-20)12-13-24(22)33(32)23-11-4-3-10-21(23)26(29)31/h3-7,10-15,20H,1-2,8-9,16H2,(H,28,30)/t33-/m1/s1. The van der Waals surface area contributed by atoms with E-state index in [0.29, 0.717) is 31.6 Å². The Labute approximate surface area is 200 Å². The molecule has 7 heteroatoms. The largest absolute Gasteiger partial charge is 0.349 e. The fourth-order valence-corrected chi connectivity index (χ4v) is 6.08. The Morgan fingerprint density at radius 1 is 1.00 bits per heavy atom. The van der Waals surface area contributed by atoms with Gasteiger partial charge >= 0.3 is 0 Å². The third kappa shape index (κ3) is 4.33. The van der Waals surface area contributed by atoms with Crippen molar-refractivity contribution in [2.45, 2.75) is 48.1 Å². The highest BCUT2D eigenvalue weighted by molar-refractivity contribution is 7.85. The lowest BCUT2D eigenvalue weighted by molar-refractivity contribution is 0.0935. The van der Waals surface area contributed by atoms with E-state index in [4.69, 9.17) is 11.6 Å². The van der Waals surface area contributed by atoms with E-state index in [0.717, 1.165) is 31.2 Å². The lowest BCUT2D eigenvalue weighted by Gasteiger charge is -2.24. The van der Waals surface area contributed by atoms with Gasteiger partial charge in [-0.25, -0.2) is 4.21 Å². The molecule has 1 heterocycles. The van der Waals surface area contributed by atoms with Crippen molar-refractivity contribution in [3.8, 4) is 0 Å². The maximum absolute atomic E-state index is 13.7. The summed E-state index contributed by atoms with van der Waals surface area (Å²) in [7, 11) is -1.56. The summed E-state index contributed by atoms with van der Waals surface area (Å²) in [6.07, 6.45) is 4.20. The van der Waals surface area contributed by atoms with Gasteiger partial charge in [0, 0.05) is 16.6 Å². The molecule has 0 saturated heterocycles. The van der Waals surface area contributed by atoms with Gasteiger partial charge in [0.1, 0.15) is 0 Å². The minimum absolute atomic E-state index is 0.174. The van der Waals surface area contributed by atoms with Crippen molar-refractivity contribution < 1.29 is 13.8 Å². The molecule has 2 aliphatic rings. The van der Waals surface area contributed by atoms with E-state index in [1.54, 1.807) is 59.5 Å². The zero-order valence-corrected chi connectivity index (χ0v) is 19.5. The van der Waals surface area contributed by atoms with E-state index >= 15 is 0 Å². The summed E-state index contributed by atoms with van der Waals surface area (Å²) >= 11 is 6.18. The molecule has 1 aliphatic heterocycles. The highest BCUT2D eigenvalue weighted by atomic mass is 35.5. The molecule has 1 N–H and O–H groups in total. The van der Waals surface area contributed by atoms with E-state index < -0.39 is 10.8 Å². The van der Waals surface area contributed by atoms with Crippen molar-refractivity contribution in [3.63, 3.8) is 0 Å². The van der Waals surface area contributed by atoms with Crippen LogP contribution >= 0.6 is 11.6 Å². The summed E-state index contributed by atoms with van der Waals surface area (Å²) in [5.41, 5.74) is 2.17. The third-order valence-electron chi connectivity index (χ3n) is 6.19. The minimum Gasteiger partial charge on any atom is -0.349 e. The summed E-state index contributed by atoms with van der Waals surface area (Å²) in [4.78, 5) is 29.2. The number of benzene rings is 3. The van der Waals surface area contributed by atoms with Crippen LogP contribution in [0.25, 0.3) is 0 Å². The van der Waals surface area contributed by atoms with E-state index in [1.807, 2.05) is 12.1 Å². The summed E-state index contributed by atoms with van der Waals surface area (Å²) < 4.78 is 13.5. The fraction of sp³-hybridized carbons (Fsp3) is 0.231. The number of amides is 2. The van der Waals surface area contributed by atoms with Gasteiger partial charge in [0.15, 0.2) is 0 Å². The summed E-state index contributed by atoms with van der Waals surface area (Å²) in [6.45, 7) is 0.242. The normalized spacial score (nSPS) is 17.9. The topological polar surface area (TPSA) is 66.5 Å². The summed E-state index contributed by atoms with van der Waals surface area (Å²) in [6, 6.07) is 19.5. The lowest BCUT2D eigenvalue weighted by atomic mass is 10.1. The molecule has 1 atom stereocenters. The van der Waals surface area contributed by atoms with Gasteiger partial charge in [0.2, 0.25) is 0 Å². The van der Waals surface area contributed by atoms with E-state index in [1.165, 1.54) is 0 Å². The van der Waals surface area contributed by atoms with Crippen molar-refractivity contribution in [1.82, 2.24) is 5.32 Å². The summed E-state index contributed by atoms with van der Waals surface area (Å²) in [5.74, 6) is -0.432. The number of carbonyl (C=O) groups excluding carboxylic acids is 2. The molecule has 1 fully saturated rings.